The zero-order valence-electron chi connectivity index (χ0n) is 12.6. The number of morpholine rings is 1. The second-order valence-corrected chi connectivity index (χ2v) is 6.31. The highest BCUT2D eigenvalue weighted by Crippen LogP contribution is 2.30. The van der Waals surface area contributed by atoms with E-state index in [1.165, 1.54) is 0 Å². The number of aliphatic hydroxyl groups is 1. The van der Waals surface area contributed by atoms with Crippen LogP contribution in [0.3, 0.4) is 0 Å². The molecule has 2 aliphatic rings. The third kappa shape index (κ3) is 3.29. The summed E-state index contributed by atoms with van der Waals surface area (Å²) in [5, 5.41) is 18.5. The molecule has 0 aromatic carbocycles. The lowest BCUT2D eigenvalue weighted by molar-refractivity contribution is -0.150. The first-order valence-electron chi connectivity index (χ1n) is 7.39. The largest absolute Gasteiger partial charge is 0.481 e. The third-order valence-corrected chi connectivity index (χ3v) is 4.44. The average molecular weight is 300 g/mol. The molecule has 2 fully saturated rings. The summed E-state index contributed by atoms with van der Waals surface area (Å²) in [5.74, 6) is -0.858. The number of rotatable bonds is 2. The lowest BCUT2D eigenvalue weighted by Crippen LogP contribution is -2.58. The van der Waals surface area contributed by atoms with Crippen molar-refractivity contribution in [2.45, 2.75) is 38.8 Å². The Bertz CT molecular complexity index is 416. The van der Waals surface area contributed by atoms with E-state index in [9.17, 15) is 19.8 Å². The highest BCUT2D eigenvalue weighted by molar-refractivity contribution is 5.78. The Kier molecular flexibility index (Phi) is 4.73. The van der Waals surface area contributed by atoms with Gasteiger partial charge in [-0.25, -0.2) is 4.79 Å². The van der Waals surface area contributed by atoms with Crippen LogP contribution in [0, 0.1) is 5.41 Å². The Balaban J connectivity index is 2.06. The number of carboxylic acids is 1. The Labute approximate surface area is 124 Å². The van der Waals surface area contributed by atoms with E-state index >= 15 is 0 Å². The third-order valence-electron chi connectivity index (χ3n) is 4.44. The van der Waals surface area contributed by atoms with Crippen molar-refractivity contribution in [2.24, 2.45) is 5.41 Å². The number of aliphatic hydroxyl groups excluding tert-OH is 1. The van der Waals surface area contributed by atoms with Gasteiger partial charge in [0.15, 0.2) is 0 Å². The topological polar surface area (TPSA) is 90.3 Å². The molecule has 0 spiro atoms. The maximum Gasteiger partial charge on any atom is 0.320 e. The van der Waals surface area contributed by atoms with Crippen LogP contribution in [0.5, 0.6) is 0 Å². The van der Waals surface area contributed by atoms with Crippen LogP contribution in [-0.2, 0) is 9.53 Å². The van der Waals surface area contributed by atoms with Crippen molar-refractivity contribution >= 4 is 12.0 Å². The molecule has 2 aliphatic heterocycles. The molecule has 2 rings (SSSR count). The minimum atomic E-state index is -0.875. The molecule has 2 saturated heterocycles. The lowest BCUT2D eigenvalue weighted by Gasteiger charge is -2.43. The molecule has 0 aromatic heterocycles. The van der Waals surface area contributed by atoms with Crippen molar-refractivity contribution in [2.75, 3.05) is 32.8 Å². The highest BCUT2D eigenvalue weighted by Gasteiger charge is 2.41. The summed E-state index contributed by atoms with van der Waals surface area (Å²) in [6.07, 6.45) is 0.918. The van der Waals surface area contributed by atoms with Gasteiger partial charge in [-0.15, -0.1) is 0 Å². The van der Waals surface area contributed by atoms with Crippen molar-refractivity contribution < 1.29 is 24.5 Å². The van der Waals surface area contributed by atoms with Gasteiger partial charge in [0.1, 0.15) is 0 Å². The first kappa shape index (κ1) is 16.0. The number of hydrogen-bond acceptors (Lipinski definition) is 4. The molecule has 21 heavy (non-hydrogen) atoms. The van der Waals surface area contributed by atoms with Crippen LogP contribution in [0.15, 0.2) is 0 Å². The molecule has 3 atom stereocenters. The number of carboxylic acid groups (broad SMARTS) is 1. The highest BCUT2D eigenvalue weighted by atomic mass is 16.5. The van der Waals surface area contributed by atoms with Crippen LogP contribution >= 0.6 is 0 Å². The molecular weight excluding hydrogens is 276 g/mol. The van der Waals surface area contributed by atoms with Crippen LogP contribution in [0.4, 0.5) is 4.79 Å². The molecule has 0 bridgehead atoms. The summed E-state index contributed by atoms with van der Waals surface area (Å²) in [6.45, 7) is 5.01. The number of carbonyl (C=O) groups is 2. The number of aliphatic carboxylic acids is 1. The van der Waals surface area contributed by atoms with Gasteiger partial charge in [-0.1, -0.05) is 0 Å². The number of carbonyl (C=O) groups excluding carboxylic acids is 1. The van der Waals surface area contributed by atoms with Gasteiger partial charge in [-0.05, 0) is 26.7 Å². The minimum absolute atomic E-state index is 0.0710. The van der Waals surface area contributed by atoms with Crippen molar-refractivity contribution in [1.29, 1.82) is 0 Å². The summed E-state index contributed by atoms with van der Waals surface area (Å²) >= 11 is 0. The quantitative estimate of drug-likeness (QED) is 0.769. The average Bonchev–Trinajstić information content (AvgIpc) is 2.47. The van der Waals surface area contributed by atoms with Gasteiger partial charge in [0, 0.05) is 13.1 Å². The summed E-state index contributed by atoms with van der Waals surface area (Å²) in [6, 6.07) is -0.227. The van der Waals surface area contributed by atoms with E-state index in [1.54, 1.807) is 16.7 Å². The van der Waals surface area contributed by atoms with Gasteiger partial charge in [-0.3, -0.25) is 4.79 Å². The summed E-state index contributed by atoms with van der Waals surface area (Å²) < 4.78 is 5.43. The molecule has 0 saturated carbocycles. The number of likely N-dealkylation sites (tertiary alicyclic amines) is 1. The first-order chi connectivity index (χ1) is 9.87. The van der Waals surface area contributed by atoms with Gasteiger partial charge in [0.25, 0.3) is 0 Å². The fourth-order valence-corrected chi connectivity index (χ4v) is 2.95. The minimum Gasteiger partial charge on any atom is -0.481 e. The Morgan fingerprint density at radius 2 is 2.14 bits per heavy atom. The van der Waals surface area contributed by atoms with E-state index in [-0.39, 0.29) is 31.3 Å². The molecule has 120 valence electrons. The molecule has 7 nitrogen and oxygen atoms in total. The van der Waals surface area contributed by atoms with Gasteiger partial charge in [-0.2, -0.15) is 0 Å². The summed E-state index contributed by atoms with van der Waals surface area (Å²) in [7, 11) is 0. The number of ether oxygens (including phenoxy) is 1. The maximum absolute atomic E-state index is 12.7. The van der Waals surface area contributed by atoms with E-state index in [2.05, 4.69) is 0 Å². The monoisotopic (exact) mass is 300 g/mol. The molecule has 0 aliphatic carbocycles. The predicted molar refractivity (Wildman–Crippen MR) is 74.9 cm³/mol. The Hall–Kier alpha value is -1.34. The van der Waals surface area contributed by atoms with Crippen molar-refractivity contribution in [3.05, 3.63) is 0 Å². The van der Waals surface area contributed by atoms with E-state index in [0.717, 1.165) is 0 Å². The van der Waals surface area contributed by atoms with Crippen molar-refractivity contribution in [3.8, 4) is 0 Å². The van der Waals surface area contributed by atoms with E-state index in [1.807, 2.05) is 6.92 Å². The summed E-state index contributed by atoms with van der Waals surface area (Å²) in [4.78, 5) is 27.3. The maximum atomic E-state index is 12.7. The van der Waals surface area contributed by atoms with Gasteiger partial charge in [0.05, 0.1) is 37.3 Å². The zero-order valence-corrected chi connectivity index (χ0v) is 12.6. The first-order valence-corrected chi connectivity index (χ1v) is 7.39. The van der Waals surface area contributed by atoms with Crippen LogP contribution in [0.1, 0.15) is 26.7 Å². The fraction of sp³-hybridized carbons (Fsp3) is 0.857. The molecular formula is C14H24N2O5. The smallest absolute Gasteiger partial charge is 0.320 e. The Morgan fingerprint density at radius 3 is 2.76 bits per heavy atom. The lowest BCUT2D eigenvalue weighted by atomic mass is 9.82. The molecule has 0 aromatic rings. The molecule has 7 heteroatoms. The molecule has 3 unspecified atom stereocenters. The van der Waals surface area contributed by atoms with Gasteiger partial charge < -0.3 is 24.7 Å². The molecule has 2 N–H and O–H groups in total. The second-order valence-electron chi connectivity index (χ2n) is 6.31. The second kappa shape index (κ2) is 6.19. The number of piperidine rings is 1. The van der Waals surface area contributed by atoms with Crippen LogP contribution < -0.4 is 0 Å². The zero-order chi connectivity index (χ0) is 15.6. The van der Waals surface area contributed by atoms with Crippen LogP contribution in [0.2, 0.25) is 0 Å². The van der Waals surface area contributed by atoms with Gasteiger partial charge in [0.2, 0.25) is 0 Å². The predicted octanol–water partition coefficient (Wildman–Crippen LogP) is 0.375. The van der Waals surface area contributed by atoms with Crippen molar-refractivity contribution in [3.63, 3.8) is 0 Å². The SMILES string of the molecule is CC1COC(CO)CN1C(=O)N1CCCC(C)(C(=O)O)C1. The standard InChI is InChI=1S/C14H24N2O5/c1-10-8-21-11(7-17)6-16(10)13(20)15-5-3-4-14(2,9-15)12(18)19/h10-11,17H,3-9H2,1-2H3,(H,18,19). The molecule has 0 radical (unpaired) electrons. The normalized spacial score (nSPS) is 33.9. The van der Waals surface area contributed by atoms with E-state index in [4.69, 9.17) is 4.74 Å². The number of urea groups is 1. The van der Waals surface area contributed by atoms with E-state index < -0.39 is 11.4 Å². The van der Waals surface area contributed by atoms with E-state index in [0.29, 0.717) is 32.5 Å². The molecule has 2 heterocycles. The summed E-state index contributed by atoms with van der Waals surface area (Å²) in [5.41, 5.74) is -0.875. The van der Waals surface area contributed by atoms with Gasteiger partial charge >= 0.3 is 12.0 Å². The number of amides is 2. The number of hydrogen-bond donors (Lipinski definition) is 2. The van der Waals surface area contributed by atoms with Crippen molar-refractivity contribution in [1.82, 2.24) is 9.80 Å². The molecule has 2 amide bonds. The Morgan fingerprint density at radius 1 is 1.43 bits per heavy atom. The fourth-order valence-electron chi connectivity index (χ4n) is 2.95. The van der Waals surface area contributed by atoms with Crippen LogP contribution in [-0.4, -0.2) is 77.0 Å². The van der Waals surface area contributed by atoms with Crippen LogP contribution in [0.25, 0.3) is 0 Å². The number of nitrogens with zero attached hydrogens (tertiary/aromatic N) is 2.